The van der Waals surface area contributed by atoms with Gasteiger partial charge in [0.05, 0.1) is 24.4 Å². The van der Waals surface area contributed by atoms with Gasteiger partial charge in [0.2, 0.25) is 0 Å². The maximum atomic E-state index is 12.7. The molecular formula is C30H28Cl2N4O5S. The van der Waals surface area contributed by atoms with Gasteiger partial charge in [0, 0.05) is 26.9 Å². The third-order valence-electron chi connectivity index (χ3n) is 6.05. The molecule has 3 aromatic carbocycles. The third kappa shape index (κ3) is 8.22. The lowest BCUT2D eigenvalue weighted by Crippen LogP contribution is -2.45. The van der Waals surface area contributed by atoms with Gasteiger partial charge in [-0.05, 0) is 74.1 Å². The number of carbonyl (C=O) groups excluding carboxylic acids is 2. The van der Waals surface area contributed by atoms with Gasteiger partial charge in [0.15, 0.2) is 11.7 Å². The van der Waals surface area contributed by atoms with E-state index >= 15 is 0 Å². The minimum Gasteiger partial charge on any atom is -0.489 e. The number of rotatable bonds is 11. The van der Waals surface area contributed by atoms with Gasteiger partial charge < -0.3 is 24.8 Å². The largest absolute Gasteiger partial charge is 0.489 e. The summed E-state index contributed by atoms with van der Waals surface area (Å²) in [5.74, 6) is 0.111. The Hall–Kier alpha value is -4.12. The molecule has 0 unspecified atom stereocenters. The first-order chi connectivity index (χ1) is 20.2. The van der Waals surface area contributed by atoms with E-state index in [9.17, 15) is 9.59 Å². The Kier molecular flexibility index (Phi) is 10.8. The van der Waals surface area contributed by atoms with Crippen LogP contribution in [0.25, 0.3) is 0 Å². The van der Waals surface area contributed by atoms with E-state index in [2.05, 4.69) is 21.2 Å². The van der Waals surface area contributed by atoms with Crippen LogP contribution in [0.15, 0.2) is 83.1 Å². The average molecular weight is 628 g/mol. The molecule has 9 nitrogen and oxygen atoms in total. The molecule has 0 fully saturated rings. The summed E-state index contributed by atoms with van der Waals surface area (Å²) in [6.45, 7) is 3.70. The van der Waals surface area contributed by atoms with Gasteiger partial charge in [0.25, 0.3) is 5.91 Å². The van der Waals surface area contributed by atoms with E-state index < -0.39 is 17.9 Å². The van der Waals surface area contributed by atoms with Crippen LogP contribution < -0.4 is 25.5 Å². The van der Waals surface area contributed by atoms with Crippen molar-refractivity contribution in [2.45, 2.75) is 26.5 Å². The number of benzene rings is 3. The van der Waals surface area contributed by atoms with E-state index in [1.807, 2.05) is 6.07 Å². The number of allylic oxidation sites excluding steroid dienone is 1. The van der Waals surface area contributed by atoms with Crippen LogP contribution in [-0.4, -0.2) is 36.4 Å². The molecule has 12 heteroatoms. The molecule has 0 saturated carbocycles. The Morgan fingerprint density at radius 3 is 2.57 bits per heavy atom. The first kappa shape index (κ1) is 30.8. The van der Waals surface area contributed by atoms with E-state index in [0.29, 0.717) is 50.1 Å². The summed E-state index contributed by atoms with van der Waals surface area (Å²) in [5, 5.41) is 11.5. The molecule has 4 rings (SSSR count). The molecule has 0 aromatic heterocycles. The van der Waals surface area contributed by atoms with Crippen molar-refractivity contribution in [1.29, 1.82) is 0 Å². The van der Waals surface area contributed by atoms with E-state index in [1.54, 1.807) is 74.5 Å². The number of nitrogens with zero attached hydrogens (tertiary/aromatic N) is 1. The van der Waals surface area contributed by atoms with Crippen molar-refractivity contribution in [3.8, 4) is 11.5 Å². The van der Waals surface area contributed by atoms with Crippen LogP contribution in [0.4, 0.5) is 0 Å². The van der Waals surface area contributed by atoms with E-state index in [0.717, 1.165) is 11.1 Å². The highest BCUT2D eigenvalue weighted by Gasteiger charge is 2.32. The zero-order chi connectivity index (χ0) is 30.1. The molecule has 1 aliphatic heterocycles. The van der Waals surface area contributed by atoms with Crippen molar-refractivity contribution in [3.05, 3.63) is 105 Å². The molecule has 218 valence electrons. The number of ether oxygens (including phenoxy) is 3. The molecule has 1 amide bonds. The Bertz CT molecular complexity index is 1530. The normalized spacial score (nSPS) is 14.7. The molecule has 1 aliphatic rings. The molecule has 1 heterocycles. The second-order valence-electron chi connectivity index (χ2n) is 9.00. The van der Waals surface area contributed by atoms with E-state index in [-0.39, 0.29) is 13.2 Å². The van der Waals surface area contributed by atoms with Crippen LogP contribution in [0, 0.1) is 0 Å². The van der Waals surface area contributed by atoms with Crippen LogP contribution >= 0.6 is 35.4 Å². The molecule has 0 saturated heterocycles. The number of thiocarbonyl (C=S) groups is 1. The Morgan fingerprint density at radius 1 is 1.07 bits per heavy atom. The molecule has 0 spiro atoms. The molecular weight excluding hydrogens is 599 g/mol. The Morgan fingerprint density at radius 2 is 1.83 bits per heavy atom. The quantitative estimate of drug-likeness (QED) is 0.111. The average Bonchev–Trinajstić information content (AvgIpc) is 2.96. The molecule has 1 atom stereocenters. The van der Waals surface area contributed by atoms with Gasteiger partial charge in [-0.2, -0.15) is 5.10 Å². The Labute approximate surface area is 258 Å². The van der Waals surface area contributed by atoms with Crippen LogP contribution in [0.3, 0.4) is 0 Å². The van der Waals surface area contributed by atoms with Crippen LogP contribution in [-0.2, 0) is 20.9 Å². The number of carbonyl (C=O) groups is 2. The number of halogens is 2. The van der Waals surface area contributed by atoms with Crippen molar-refractivity contribution < 1.29 is 23.8 Å². The number of hydrazone groups is 1. The minimum absolute atomic E-state index is 0.225. The summed E-state index contributed by atoms with van der Waals surface area (Å²) >= 11 is 17.4. The highest BCUT2D eigenvalue weighted by molar-refractivity contribution is 7.80. The van der Waals surface area contributed by atoms with Gasteiger partial charge in [-0.15, -0.1) is 0 Å². The van der Waals surface area contributed by atoms with Crippen molar-refractivity contribution in [1.82, 2.24) is 16.1 Å². The molecule has 42 heavy (non-hydrogen) atoms. The number of esters is 1. The van der Waals surface area contributed by atoms with E-state index in [4.69, 9.17) is 49.6 Å². The number of amides is 1. The Balaban J connectivity index is 1.32. The summed E-state index contributed by atoms with van der Waals surface area (Å²) in [6.07, 6.45) is 1.50. The first-order valence-electron chi connectivity index (χ1n) is 12.9. The third-order valence-corrected chi connectivity index (χ3v) is 6.85. The second-order valence-corrected chi connectivity index (χ2v) is 10.3. The van der Waals surface area contributed by atoms with Crippen LogP contribution in [0.2, 0.25) is 10.0 Å². The fourth-order valence-corrected chi connectivity index (χ4v) is 4.80. The van der Waals surface area contributed by atoms with Gasteiger partial charge in [0.1, 0.15) is 18.1 Å². The van der Waals surface area contributed by atoms with Crippen LogP contribution in [0.1, 0.15) is 36.6 Å². The maximum Gasteiger partial charge on any atom is 0.338 e. The van der Waals surface area contributed by atoms with E-state index in [1.165, 1.54) is 6.21 Å². The summed E-state index contributed by atoms with van der Waals surface area (Å²) in [7, 11) is 0. The molecule has 3 N–H and O–H groups in total. The minimum atomic E-state index is -0.620. The zero-order valence-corrected chi connectivity index (χ0v) is 25.1. The lowest BCUT2D eigenvalue weighted by Gasteiger charge is -2.30. The summed E-state index contributed by atoms with van der Waals surface area (Å²) in [4.78, 5) is 25.2. The van der Waals surface area contributed by atoms with Crippen LogP contribution in [0.5, 0.6) is 11.5 Å². The maximum absolute atomic E-state index is 12.7. The second kappa shape index (κ2) is 14.7. The molecule has 0 aliphatic carbocycles. The predicted molar refractivity (Wildman–Crippen MR) is 166 cm³/mol. The zero-order valence-electron chi connectivity index (χ0n) is 22.8. The number of hydrogen-bond acceptors (Lipinski definition) is 7. The van der Waals surface area contributed by atoms with Gasteiger partial charge in [-0.3, -0.25) is 4.79 Å². The van der Waals surface area contributed by atoms with Gasteiger partial charge in [-0.1, -0.05) is 47.5 Å². The lowest BCUT2D eigenvalue weighted by molar-refractivity contribution is -0.139. The summed E-state index contributed by atoms with van der Waals surface area (Å²) < 4.78 is 16.8. The monoisotopic (exact) mass is 626 g/mol. The lowest BCUT2D eigenvalue weighted by atomic mass is 9.95. The predicted octanol–water partition coefficient (Wildman–Crippen LogP) is 5.46. The number of hydrogen-bond donors (Lipinski definition) is 3. The summed E-state index contributed by atoms with van der Waals surface area (Å²) in [6, 6.07) is 18.9. The standard InChI is InChI=1S/C30H28Cl2N4O5S/c1-3-39-29(38)27-18(2)34-30(42)35-28(27)23-6-4-5-7-25(23)41-17-26(37)36-33-15-19-8-12-22(13-9-19)40-16-20-10-11-21(31)14-24(20)32/h4-15,28H,3,16-17H2,1-2H3,(H,36,37)(H2,34,35,42)/t28-/m1/s1. The molecule has 0 bridgehead atoms. The van der Waals surface area contributed by atoms with Crippen molar-refractivity contribution in [2.24, 2.45) is 5.10 Å². The summed E-state index contributed by atoms with van der Waals surface area (Å²) in [5.41, 5.74) is 5.60. The fraction of sp³-hybridized carbons (Fsp3) is 0.200. The molecule has 0 radical (unpaired) electrons. The smallest absolute Gasteiger partial charge is 0.338 e. The number of nitrogens with one attached hydrogen (secondary N) is 3. The first-order valence-corrected chi connectivity index (χ1v) is 14.1. The topological polar surface area (TPSA) is 110 Å². The number of para-hydroxylation sites is 1. The molecule has 3 aromatic rings. The SMILES string of the molecule is CCOC(=O)C1=C(C)NC(=S)N[C@@H]1c1ccccc1OCC(=O)NN=Cc1ccc(OCc2ccc(Cl)cc2Cl)cc1. The van der Waals surface area contributed by atoms with Crippen molar-refractivity contribution in [2.75, 3.05) is 13.2 Å². The highest BCUT2D eigenvalue weighted by atomic mass is 35.5. The highest BCUT2D eigenvalue weighted by Crippen LogP contribution is 2.33. The van der Waals surface area contributed by atoms with Crippen molar-refractivity contribution >= 4 is 58.6 Å². The fourth-order valence-electron chi connectivity index (χ4n) is 4.06. The van der Waals surface area contributed by atoms with Crippen molar-refractivity contribution in [3.63, 3.8) is 0 Å². The van der Waals surface area contributed by atoms with Gasteiger partial charge >= 0.3 is 5.97 Å². The van der Waals surface area contributed by atoms with Gasteiger partial charge in [-0.25, -0.2) is 10.2 Å².